The van der Waals surface area contributed by atoms with Crippen molar-refractivity contribution in [3.8, 4) is 17.3 Å². The van der Waals surface area contributed by atoms with E-state index in [2.05, 4.69) is 11.9 Å². The van der Waals surface area contributed by atoms with Gasteiger partial charge in [-0.1, -0.05) is 62.9 Å². The maximum absolute atomic E-state index is 13.6. The average Bonchev–Trinajstić information content (AvgIpc) is 2.72. The molecule has 1 aromatic heterocycles. The van der Waals surface area contributed by atoms with E-state index < -0.39 is 23.1 Å². The molecule has 168 valence electrons. The zero-order chi connectivity index (χ0) is 22.9. The lowest BCUT2D eigenvalue weighted by Gasteiger charge is -2.14. The quantitative estimate of drug-likeness (QED) is 0.186. The van der Waals surface area contributed by atoms with Crippen LogP contribution in [0.15, 0.2) is 40.3 Å². The second-order valence-corrected chi connectivity index (χ2v) is 9.01. The Labute approximate surface area is 187 Å². The van der Waals surface area contributed by atoms with Gasteiger partial charge in [-0.2, -0.15) is 27.2 Å². The molecule has 0 bridgehead atoms. The Hall–Kier alpha value is -1.79. The minimum atomic E-state index is -4.70. The van der Waals surface area contributed by atoms with Gasteiger partial charge in [0.2, 0.25) is 0 Å². The lowest BCUT2D eigenvalue weighted by atomic mass is 10.1. The summed E-state index contributed by atoms with van der Waals surface area (Å²) < 4.78 is 65.8. The molecule has 2 nitrogen and oxygen atoms in total. The summed E-state index contributed by atoms with van der Waals surface area (Å²) in [5, 5.41) is 9.42. The number of thioether (sulfide) groups is 2. The van der Waals surface area contributed by atoms with Gasteiger partial charge in [-0.05, 0) is 30.4 Å². The summed E-state index contributed by atoms with van der Waals surface area (Å²) in [6.45, 7) is 2.13. The maximum atomic E-state index is 13.6. The molecule has 0 unspecified atom stereocenters. The fourth-order valence-electron chi connectivity index (χ4n) is 2.96. The maximum Gasteiger partial charge on any atom is 0.417 e. The van der Waals surface area contributed by atoms with E-state index in [0.717, 1.165) is 49.9 Å². The summed E-state index contributed by atoms with van der Waals surface area (Å²) in [4.78, 5) is 4.62. The van der Waals surface area contributed by atoms with Crippen LogP contribution in [0.4, 0.5) is 22.0 Å². The molecule has 1 aromatic carbocycles. The highest BCUT2D eigenvalue weighted by atomic mass is 32.2. The number of alkyl halides is 5. The van der Waals surface area contributed by atoms with E-state index in [1.54, 1.807) is 6.07 Å². The highest BCUT2D eigenvalue weighted by Crippen LogP contribution is 2.38. The normalized spacial score (nSPS) is 11.7. The first-order chi connectivity index (χ1) is 14.8. The van der Waals surface area contributed by atoms with Gasteiger partial charge in [0.15, 0.2) is 0 Å². The van der Waals surface area contributed by atoms with Crippen LogP contribution >= 0.6 is 23.5 Å². The largest absolute Gasteiger partial charge is 0.417 e. The molecule has 1 heterocycles. The lowest BCUT2D eigenvalue weighted by Crippen LogP contribution is -2.10. The van der Waals surface area contributed by atoms with E-state index in [4.69, 9.17) is 0 Å². The molecular formula is C22H23F5N2S2. The third-order valence-electron chi connectivity index (χ3n) is 4.52. The molecule has 0 amide bonds. The lowest BCUT2D eigenvalue weighted by molar-refractivity contribution is -0.138. The van der Waals surface area contributed by atoms with Gasteiger partial charge in [0, 0.05) is 10.5 Å². The van der Waals surface area contributed by atoms with Crippen LogP contribution in [0, 0.1) is 11.3 Å². The molecule has 0 aliphatic heterocycles. The SMILES string of the molecule is CCCCCCCCSc1nc(-c2ccc(SC(F)F)cc2)cc(C(F)(F)F)c1C#N. The summed E-state index contributed by atoms with van der Waals surface area (Å²) in [7, 11) is 0. The molecule has 0 aliphatic carbocycles. The van der Waals surface area contributed by atoms with Crippen molar-refractivity contribution in [2.75, 3.05) is 5.75 Å². The molecule has 0 aliphatic rings. The molecular weight excluding hydrogens is 451 g/mol. The van der Waals surface area contributed by atoms with Crippen LogP contribution in [0.1, 0.15) is 56.6 Å². The molecule has 0 saturated heterocycles. The first-order valence-corrected chi connectivity index (χ1v) is 11.8. The molecule has 0 radical (unpaired) electrons. The number of benzene rings is 1. The van der Waals surface area contributed by atoms with Gasteiger partial charge in [0.05, 0.1) is 16.8 Å². The Morgan fingerprint density at radius 3 is 2.26 bits per heavy atom. The van der Waals surface area contributed by atoms with Crippen LogP contribution in [-0.4, -0.2) is 16.5 Å². The summed E-state index contributed by atoms with van der Waals surface area (Å²) >= 11 is 1.51. The number of nitrogens with zero attached hydrogens (tertiary/aromatic N) is 2. The molecule has 9 heteroatoms. The van der Waals surface area contributed by atoms with Gasteiger partial charge in [-0.25, -0.2) is 4.98 Å². The standard InChI is InChI=1S/C22H23F5N2S2/c1-2-3-4-5-6-7-12-30-20-17(14-28)18(22(25,26)27)13-19(29-20)15-8-10-16(11-9-15)31-21(23)24/h8-11,13,21H,2-7,12H2,1H3. The van der Waals surface area contributed by atoms with Crippen molar-refractivity contribution < 1.29 is 22.0 Å². The minimum absolute atomic E-state index is 0.0481. The molecule has 0 spiro atoms. The third kappa shape index (κ3) is 8.00. The number of nitriles is 1. The number of pyridine rings is 1. The Bertz CT molecular complexity index is 877. The topological polar surface area (TPSA) is 36.7 Å². The highest BCUT2D eigenvalue weighted by Gasteiger charge is 2.36. The van der Waals surface area contributed by atoms with Gasteiger partial charge >= 0.3 is 6.18 Å². The van der Waals surface area contributed by atoms with Crippen molar-refractivity contribution in [3.63, 3.8) is 0 Å². The van der Waals surface area contributed by atoms with Crippen molar-refractivity contribution in [2.24, 2.45) is 0 Å². The smallest absolute Gasteiger partial charge is 0.240 e. The van der Waals surface area contributed by atoms with E-state index in [0.29, 0.717) is 28.0 Å². The van der Waals surface area contributed by atoms with Crippen LogP contribution in [0.5, 0.6) is 0 Å². The Balaban J connectivity index is 2.26. The summed E-state index contributed by atoms with van der Waals surface area (Å²) in [5.41, 5.74) is -1.08. The van der Waals surface area contributed by atoms with Crippen molar-refractivity contribution in [1.29, 1.82) is 5.26 Å². The fourth-order valence-corrected chi connectivity index (χ4v) is 4.47. The number of unbranched alkanes of at least 4 members (excludes halogenated alkanes) is 5. The number of hydrogen-bond acceptors (Lipinski definition) is 4. The van der Waals surface area contributed by atoms with E-state index >= 15 is 0 Å². The second kappa shape index (κ2) is 12.3. The molecule has 0 fully saturated rings. The first-order valence-electron chi connectivity index (χ1n) is 9.96. The van der Waals surface area contributed by atoms with Crippen molar-refractivity contribution in [2.45, 2.75) is 67.3 Å². The minimum Gasteiger partial charge on any atom is -0.240 e. The van der Waals surface area contributed by atoms with Crippen LogP contribution < -0.4 is 0 Å². The zero-order valence-corrected chi connectivity index (χ0v) is 18.6. The number of aromatic nitrogens is 1. The summed E-state index contributed by atoms with van der Waals surface area (Å²) in [5.74, 6) is -2.01. The van der Waals surface area contributed by atoms with Gasteiger partial charge in [0.1, 0.15) is 11.1 Å². The van der Waals surface area contributed by atoms with E-state index in [1.807, 2.05) is 0 Å². The Kier molecular flexibility index (Phi) is 10.1. The zero-order valence-electron chi connectivity index (χ0n) is 17.0. The van der Waals surface area contributed by atoms with Gasteiger partial charge in [-0.15, -0.1) is 11.8 Å². The van der Waals surface area contributed by atoms with E-state index in [1.165, 1.54) is 30.7 Å². The summed E-state index contributed by atoms with van der Waals surface area (Å²) in [6, 6.07) is 8.27. The van der Waals surface area contributed by atoms with Crippen molar-refractivity contribution >= 4 is 23.5 Å². The van der Waals surface area contributed by atoms with Crippen molar-refractivity contribution in [1.82, 2.24) is 4.98 Å². The van der Waals surface area contributed by atoms with Gasteiger partial charge in [0.25, 0.3) is 5.76 Å². The number of hydrogen-bond donors (Lipinski definition) is 0. The van der Waals surface area contributed by atoms with E-state index in [9.17, 15) is 27.2 Å². The molecule has 31 heavy (non-hydrogen) atoms. The Morgan fingerprint density at radius 2 is 1.68 bits per heavy atom. The predicted molar refractivity (Wildman–Crippen MR) is 115 cm³/mol. The number of rotatable bonds is 11. The van der Waals surface area contributed by atoms with Gasteiger partial charge < -0.3 is 0 Å². The van der Waals surface area contributed by atoms with Crippen LogP contribution in [-0.2, 0) is 6.18 Å². The van der Waals surface area contributed by atoms with Gasteiger partial charge in [-0.3, -0.25) is 0 Å². The highest BCUT2D eigenvalue weighted by molar-refractivity contribution is 7.99. The van der Waals surface area contributed by atoms with Crippen LogP contribution in [0.25, 0.3) is 11.3 Å². The second-order valence-electron chi connectivity index (χ2n) is 6.86. The molecule has 0 N–H and O–H groups in total. The molecule has 0 saturated carbocycles. The monoisotopic (exact) mass is 474 g/mol. The molecule has 2 rings (SSSR count). The molecule has 2 aromatic rings. The Morgan fingerprint density at radius 1 is 1.03 bits per heavy atom. The average molecular weight is 475 g/mol. The summed E-state index contributed by atoms with van der Waals surface area (Å²) in [6.07, 6.45) is 1.61. The van der Waals surface area contributed by atoms with E-state index in [-0.39, 0.29) is 10.7 Å². The fraction of sp³-hybridized carbons (Fsp3) is 0.455. The predicted octanol–water partition coefficient (Wildman–Crippen LogP) is 8.41. The number of halogens is 5. The third-order valence-corrected chi connectivity index (χ3v) is 6.30. The van der Waals surface area contributed by atoms with Crippen LogP contribution in [0.2, 0.25) is 0 Å². The van der Waals surface area contributed by atoms with Crippen LogP contribution in [0.3, 0.4) is 0 Å². The first kappa shape index (κ1) is 25.5. The molecule has 0 atom stereocenters. The van der Waals surface area contributed by atoms with Crippen molar-refractivity contribution in [3.05, 3.63) is 41.5 Å².